The van der Waals surface area contributed by atoms with E-state index in [0.29, 0.717) is 10.7 Å². The molecule has 0 radical (unpaired) electrons. The van der Waals surface area contributed by atoms with E-state index in [1.807, 2.05) is 0 Å². The van der Waals surface area contributed by atoms with Gasteiger partial charge in [0.05, 0.1) is 13.0 Å². The molecule has 0 bridgehead atoms. The van der Waals surface area contributed by atoms with Crippen LogP contribution in [-0.2, 0) is 17.6 Å². The minimum Gasteiger partial charge on any atom is -0.359 e. The molecule has 0 aliphatic carbocycles. The van der Waals surface area contributed by atoms with E-state index in [2.05, 4.69) is 9.84 Å². The van der Waals surface area contributed by atoms with Crippen LogP contribution in [0.3, 0.4) is 0 Å². The SMILES string of the molecule is O=c1c(C(F)(F)F)ccnn1COCCC(F)(F)F. The molecule has 0 fully saturated rings. The predicted molar refractivity (Wildman–Crippen MR) is 50.1 cm³/mol. The molecule has 1 heterocycles. The van der Waals surface area contributed by atoms with Crippen LogP contribution < -0.4 is 5.56 Å². The standard InChI is InChI=1S/C9H8F6N2O2/c10-8(11,12)2-4-19-5-17-7(18)6(1-3-16-17)9(13,14)15/h1,3H,2,4-5H2. The smallest absolute Gasteiger partial charge is 0.359 e. The number of aromatic nitrogens is 2. The summed E-state index contributed by atoms with van der Waals surface area (Å²) in [7, 11) is 0. The lowest BCUT2D eigenvalue weighted by molar-refractivity contribution is -0.148. The highest BCUT2D eigenvalue weighted by atomic mass is 19.4. The number of nitrogens with zero attached hydrogens (tertiary/aromatic N) is 2. The molecule has 0 N–H and O–H groups in total. The molecule has 1 aromatic rings. The second-order valence-corrected chi connectivity index (χ2v) is 3.45. The first-order valence-electron chi connectivity index (χ1n) is 4.89. The molecule has 4 nitrogen and oxygen atoms in total. The lowest BCUT2D eigenvalue weighted by Crippen LogP contribution is -2.31. The molecule has 0 atom stereocenters. The van der Waals surface area contributed by atoms with Gasteiger partial charge in [-0.25, -0.2) is 4.68 Å². The van der Waals surface area contributed by atoms with Crippen LogP contribution in [-0.4, -0.2) is 22.6 Å². The van der Waals surface area contributed by atoms with E-state index in [1.54, 1.807) is 0 Å². The first-order valence-corrected chi connectivity index (χ1v) is 4.89. The average Bonchev–Trinajstić information content (AvgIpc) is 2.23. The molecule has 0 aliphatic heterocycles. The number of hydrogen-bond donors (Lipinski definition) is 0. The maximum atomic E-state index is 12.3. The molecule has 0 aromatic carbocycles. The molecule has 0 amide bonds. The second kappa shape index (κ2) is 5.59. The van der Waals surface area contributed by atoms with E-state index in [0.717, 1.165) is 6.20 Å². The summed E-state index contributed by atoms with van der Waals surface area (Å²) < 4.78 is 77.1. The van der Waals surface area contributed by atoms with Gasteiger partial charge in [0.25, 0.3) is 5.56 Å². The highest BCUT2D eigenvalue weighted by Gasteiger charge is 2.34. The van der Waals surface area contributed by atoms with Crippen molar-refractivity contribution in [1.82, 2.24) is 9.78 Å². The van der Waals surface area contributed by atoms with E-state index >= 15 is 0 Å². The van der Waals surface area contributed by atoms with Crippen molar-refractivity contribution in [3.05, 3.63) is 28.2 Å². The highest BCUT2D eigenvalue weighted by molar-refractivity contribution is 5.10. The quantitative estimate of drug-likeness (QED) is 0.630. The van der Waals surface area contributed by atoms with Crippen LogP contribution in [0.2, 0.25) is 0 Å². The van der Waals surface area contributed by atoms with Gasteiger partial charge in [-0.3, -0.25) is 4.79 Å². The fourth-order valence-corrected chi connectivity index (χ4v) is 1.10. The largest absolute Gasteiger partial charge is 0.421 e. The maximum absolute atomic E-state index is 12.3. The van der Waals surface area contributed by atoms with Gasteiger partial charge in [-0.15, -0.1) is 0 Å². The van der Waals surface area contributed by atoms with E-state index in [1.165, 1.54) is 0 Å². The Hall–Kier alpha value is -1.58. The summed E-state index contributed by atoms with van der Waals surface area (Å²) in [6.07, 6.45) is -9.84. The third-order valence-electron chi connectivity index (χ3n) is 1.96. The fraction of sp³-hybridized carbons (Fsp3) is 0.556. The van der Waals surface area contributed by atoms with Gasteiger partial charge < -0.3 is 4.74 Å². The minimum absolute atomic E-state index is 0.305. The van der Waals surface area contributed by atoms with Gasteiger partial charge in [0.2, 0.25) is 0 Å². The predicted octanol–water partition coefficient (Wildman–Crippen LogP) is 2.19. The Labute approximate surface area is 102 Å². The fourth-order valence-electron chi connectivity index (χ4n) is 1.10. The van der Waals surface area contributed by atoms with Gasteiger partial charge in [0.15, 0.2) is 0 Å². The van der Waals surface area contributed by atoms with E-state index in [4.69, 9.17) is 0 Å². The number of alkyl halides is 6. The zero-order valence-corrected chi connectivity index (χ0v) is 9.25. The lowest BCUT2D eigenvalue weighted by atomic mass is 10.3. The molecule has 1 aromatic heterocycles. The number of hydrogen-bond acceptors (Lipinski definition) is 3. The Morgan fingerprint density at radius 2 is 1.84 bits per heavy atom. The molecule has 0 unspecified atom stereocenters. The van der Waals surface area contributed by atoms with Crippen LogP contribution in [0, 0.1) is 0 Å². The third kappa shape index (κ3) is 4.89. The van der Waals surface area contributed by atoms with Crippen LogP contribution in [0.1, 0.15) is 12.0 Å². The topological polar surface area (TPSA) is 44.1 Å². The molecule has 19 heavy (non-hydrogen) atoms. The third-order valence-corrected chi connectivity index (χ3v) is 1.96. The van der Waals surface area contributed by atoms with E-state index in [9.17, 15) is 31.1 Å². The van der Waals surface area contributed by atoms with Crippen molar-refractivity contribution in [1.29, 1.82) is 0 Å². The van der Waals surface area contributed by atoms with Crippen molar-refractivity contribution in [3.63, 3.8) is 0 Å². The van der Waals surface area contributed by atoms with E-state index < -0.39 is 43.2 Å². The van der Waals surface area contributed by atoms with Crippen LogP contribution in [0.15, 0.2) is 17.1 Å². The van der Waals surface area contributed by atoms with Gasteiger partial charge in [0, 0.05) is 6.20 Å². The monoisotopic (exact) mass is 290 g/mol. The Kier molecular flexibility index (Phi) is 4.56. The van der Waals surface area contributed by atoms with Crippen molar-refractivity contribution >= 4 is 0 Å². The molecule has 0 saturated heterocycles. The molecule has 0 aliphatic rings. The normalized spacial score (nSPS) is 12.7. The Balaban J connectivity index is 2.68. The van der Waals surface area contributed by atoms with Crippen molar-refractivity contribution in [2.75, 3.05) is 6.61 Å². The molecular weight excluding hydrogens is 282 g/mol. The van der Waals surface area contributed by atoms with E-state index in [-0.39, 0.29) is 0 Å². The molecular formula is C9H8F6N2O2. The summed E-state index contributed by atoms with van der Waals surface area (Å²) in [5, 5.41) is 3.28. The first-order chi connectivity index (χ1) is 8.61. The number of ether oxygens (including phenoxy) is 1. The number of rotatable bonds is 4. The van der Waals surface area contributed by atoms with Gasteiger partial charge in [-0.2, -0.15) is 31.4 Å². The average molecular weight is 290 g/mol. The van der Waals surface area contributed by atoms with Gasteiger partial charge in [0.1, 0.15) is 12.3 Å². The van der Waals surface area contributed by atoms with Crippen LogP contribution in [0.25, 0.3) is 0 Å². The summed E-state index contributed by atoms with van der Waals surface area (Å²) in [5.41, 5.74) is -2.93. The summed E-state index contributed by atoms with van der Waals surface area (Å²) in [4.78, 5) is 11.3. The van der Waals surface area contributed by atoms with Crippen LogP contribution in [0.4, 0.5) is 26.3 Å². The zero-order valence-electron chi connectivity index (χ0n) is 9.25. The van der Waals surface area contributed by atoms with Crippen molar-refractivity contribution in [2.24, 2.45) is 0 Å². The minimum atomic E-state index is -4.85. The molecule has 10 heteroatoms. The van der Waals surface area contributed by atoms with Gasteiger partial charge in [-0.05, 0) is 6.07 Å². The van der Waals surface area contributed by atoms with Crippen molar-refractivity contribution in [3.8, 4) is 0 Å². The zero-order chi connectivity index (χ0) is 14.7. The maximum Gasteiger partial charge on any atom is 0.421 e. The lowest BCUT2D eigenvalue weighted by Gasteiger charge is -2.10. The molecule has 108 valence electrons. The number of halogens is 6. The van der Waals surface area contributed by atoms with Crippen molar-refractivity contribution in [2.45, 2.75) is 25.5 Å². The second-order valence-electron chi connectivity index (χ2n) is 3.45. The van der Waals surface area contributed by atoms with Crippen LogP contribution >= 0.6 is 0 Å². The molecule has 0 spiro atoms. The summed E-state index contributed by atoms with van der Waals surface area (Å²) >= 11 is 0. The Morgan fingerprint density at radius 3 is 2.37 bits per heavy atom. The summed E-state index contributed by atoms with van der Waals surface area (Å²) in [6, 6.07) is 0.481. The molecule has 1 rings (SSSR count). The van der Waals surface area contributed by atoms with Crippen LogP contribution in [0.5, 0.6) is 0 Å². The highest BCUT2D eigenvalue weighted by Crippen LogP contribution is 2.25. The van der Waals surface area contributed by atoms with Gasteiger partial charge in [-0.1, -0.05) is 0 Å². The summed E-state index contributed by atoms with van der Waals surface area (Å²) in [6.45, 7) is -1.55. The van der Waals surface area contributed by atoms with Crippen molar-refractivity contribution < 1.29 is 31.1 Å². The molecule has 0 saturated carbocycles. The Morgan fingerprint density at radius 1 is 1.21 bits per heavy atom. The summed E-state index contributed by atoms with van der Waals surface area (Å²) in [5.74, 6) is 0. The first kappa shape index (κ1) is 15.5. The Bertz CT molecular complexity index is 479. The van der Waals surface area contributed by atoms with Gasteiger partial charge >= 0.3 is 12.4 Å².